The molecule has 0 saturated heterocycles. The van der Waals surface area contributed by atoms with E-state index < -0.39 is 12.4 Å². The zero-order valence-electron chi connectivity index (χ0n) is 10.8. The largest absolute Gasteiger partial charge is 0.365 e. The number of ketones is 1. The topological polar surface area (TPSA) is 46.5 Å². The van der Waals surface area contributed by atoms with Gasteiger partial charge in [0.25, 0.3) is 0 Å². The highest BCUT2D eigenvalue weighted by molar-refractivity contribution is 5.94. The first-order chi connectivity index (χ1) is 7.99. The second-order valence-corrected chi connectivity index (χ2v) is 4.98. The van der Waals surface area contributed by atoms with E-state index in [0.29, 0.717) is 12.3 Å². The number of aliphatic hydroxyl groups excluding tert-OH is 1. The molecule has 1 aliphatic rings. The highest BCUT2D eigenvalue weighted by atomic mass is 16.6. The van der Waals surface area contributed by atoms with Crippen LogP contribution in [0.5, 0.6) is 0 Å². The van der Waals surface area contributed by atoms with Crippen molar-refractivity contribution in [3.63, 3.8) is 0 Å². The minimum atomic E-state index is -0.928. The molecule has 0 aromatic heterocycles. The molecule has 1 rings (SSSR count). The van der Waals surface area contributed by atoms with Gasteiger partial charge in [0, 0.05) is 0 Å². The normalized spacial score (nSPS) is 25.8. The van der Waals surface area contributed by atoms with E-state index in [0.717, 1.165) is 12.8 Å². The zero-order valence-corrected chi connectivity index (χ0v) is 10.8. The molecule has 1 aliphatic heterocycles. The molecular weight excluding hydrogens is 216 g/mol. The first kappa shape index (κ1) is 14.1. The number of rotatable bonds is 5. The van der Waals surface area contributed by atoms with Gasteiger partial charge in [-0.3, -0.25) is 4.79 Å². The second-order valence-electron chi connectivity index (χ2n) is 4.98. The third kappa shape index (κ3) is 5.29. The monoisotopic (exact) mass is 238 g/mol. The van der Waals surface area contributed by atoms with Gasteiger partial charge in [-0.2, -0.15) is 0 Å². The molecule has 3 atom stereocenters. The Kier molecular flexibility index (Phi) is 5.59. The van der Waals surface area contributed by atoms with Gasteiger partial charge in [0.15, 0.2) is 12.1 Å². The maximum Gasteiger partial charge on any atom is 0.184 e. The summed E-state index contributed by atoms with van der Waals surface area (Å²) in [6.07, 6.45) is 6.35. The van der Waals surface area contributed by atoms with Gasteiger partial charge in [-0.25, -0.2) is 0 Å². The summed E-state index contributed by atoms with van der Waals surface area (Å²) in [4.78, 5) is 11.5. The van der Waals surface area contributed by atoms with E-state index in [1.165, 1.54) is 17.7 Å². The number of hydrogen-bond donors (Lipinski definition) is 1. The number of carbonyl (C=O) groups excluding carboxylic acids is 1. The first-order valence-electron chi connectivity index (χ1n) is 6.18. The smallest absolute Gasteiger partial charge is 0.184 e. The fourth-order valence-corrected chi connectivity index (χ4v) is 1.88. The van der Waals surface area contributed by atoms with Crippen molar-refractivity contribution < 1.29 is 14.6 Å². The molecule has 0 saturated carbocycles. The lowest BCUT2D eigenvalue weighted by molar-refractivity contribution is -0.150. The molecule has 0 aromatic carbocycles. The summed E-state index contributed by atoms with van der Waals surface area (Å²) in [5.74, 6) is 0.377. The molecule has 0 spiro atoms. The van der Waals surface area contributed by atoms with Gasteiger partial charge in [0.05, 0.1) is 0 Å². The predicted molar refractivity (Wildman–Crippen MR) is 67.5 cm³/mol. The van der Waals surface area contributed by atoms with Crippen LogP contribution < -0.4 is 0 Å². The minimum Gasteiger partial charge on any atom is -0.365 e. The third-order valence-electron chi connectivity index (χ3n) is 2.87. The molecule has 1 heterocycles. The number of carbonyl (C=O) groups is 1. The molecule has 96 valence electrons. The van der Waals surface area contributed by atoms with E-state index in [2.05, 4.69) is 26.8 Å². The summed E-state index contributed by atoms with van der Waals surface area (Å²) >= 11 is 0. The minimum absolute atomic E-state index is 0.0376. The van der Waals surface area contributed by atoms with Gasteiger partial charge in [-0.05, 0) is 51.2 Å². The summed E-state index contributed by atoms with van der Waals surface area (Å²) in [5.41, 5.74) is 1.32. The van der Waals surface area contributed by atoms with Gasteiger partial charge in [-0.15, -0.1) is 0 Å². The van der Waals surface area contributed by atoms with Crippen LogP contribution in [0.3, 0.4) is 0 Å². The summed E-state index contributed by atoms with van der Waals surface area (Å²) in [6, 6.07) is 0. The van der Waals surface area contributed by atoms with Crippen LogP contribution in [0.1, 0.15) is 40.0 Å². The molecular formula is C14H22O3. The van der Waals surface area contributed by atoms with Gasteiger partial charge >= 0.3 is 0 Å². The molecule has 0 aliphatic carbocycles. The number of aliphatic hydroxyl groups is 1. The van der Waals surface area contributed by atoms with Gasteiger partial charge in [-0.1, -0.05) is 18.6 Å². The van der Waals surface area contributed by atoms with Crippen molar-refractivity contribution in [3.05, 3.63) is 23.8 Å². The van der Waals surface area contributed by atoms with Crippen molar-refractivity contribution in [2.45, 2.75) is 52.4 Å². The van der Waals surface area contributed by atoms with Crippen LogP contribution in [0, 0.1) is 5.92 Å². The Balaban J connectivity index is 2.35. The lowest BCUT2D eigenvalue weighted by Gasteiger charge is -2.23. The molecule has 17 heavy (non-hydrogen) atoms. The SMILES string of the molecule is CC(C)=CCCC(C)CC1OC(O)C=CC1=O. The molecule has 0 radical (unpaired) electrons. The van der Waals surface area contributed by atoms with Gasteiger partial charge in [0.1, 0.15) is 6.10 Å². The number of ether oxygens (including phenoxy) is 1. The fraction of sp³-hybridized carbons (Fsp3) is 0.643. The van der Waals surface area contributed by atoms with Crippen LogP contribution in [0.15, 0.2) is 23.8 Å². The van der Waals surface area contributed by atoms with Crippen molar-refractivity contribution in [1.82, 2.24) is 0 Å². The summed E-state index contributed by atoms with van der Waals surface area (Å²) in [5, 5.41) is 9.29. The maximum atomic E-state index is 11.5. The summed E-state index contributed by atoms with van der Waals surface area (Å²) in [6.45, 7) is 6.28. The van der Waals surface area contributed by atoms with Crippen LogP contribution >= 0.6 is 0 Å². The van der Waals surface area contributed by atoms with E-state index in [4.69, 9.17) is 4.74 Å². The fourth-order valence-electron chi connectivity index (χ4n) is 1.88. The van der Waals surface area contributed by atoms with Gasteiger partial charge < -0.3 is 9.84 Å². The molecule has 3 heteroatoms. The number of hydrogen-bond acceptors (Lipinski definition) is 3. The van der Waals surface area contributed by atoms with Crippen LogP contribution in [-0.2, 0) is 9.53 Å². The molecule has 0 bridgehead atoms. The van der Waals surface area contributed by atoms with Crippen LogP contribution in [0.4, 0.5) is 0 Å². The van der Waals surface area contributed by atoms with Crippen molar-refractivity contribution in [1.29, 1.82) is 0 Å². The quantitative estimate of drug-likeness (QED) is 0.749. The van der Waals surface area contributed by atoms with Crippen LogP contribution in [-0.4, -0.2) is 23.3 Å². The van der Waals surface area contributed by atoms with Crippen LogP contribution in [0.2, 0.25) is 0 Å². The van der Waals surface area contributed by atoms with Crippen LogP contribution in [0.25, 0.3) is 0 Å². The van der Waals surface area contributed by atoms with E-state index in [9.17, 15) is 9.90 Å². The lowest BCUT2D eigenvalue weighted by atomic mass is 9.95. The molecule has 0 aromatic rings. The first-order valence-corrected chi connectivity index (χ1v) is 6.18. The average Bonchev–Trinajstić information content (AvgIpc) is 2.23. The van der Waals surface area contributed by atoms with Crippen molar-refractivity contribution >= 4 is 5.78 Å². The number of allylic oxidation sites excluding steroid dienone is 2. The Bertz CT molecular complexity index is 313. The van der Waals surface area contributed by atoms with Crippen molar-refractivity contribution in [3.8, 4) is 0 Å². The van der Waals surface area contributed by atoms with E-state index >= 15 is 0 Å². The highest BCUT2D eigenvalue weighted by Crippen LogP contribution is 2.19. The van der Waals surface area contributed by atoms with Crippen molar-refractivity contribution in [2.75, 3.05) is 0 Å². The molecule has 0 fully saturated rings. The second kappa shape index (κ2) is 6.72. The molecule has 3 nitrogen and oxygen atoms in total. The Morgan fingerprint density at radius 2 is 2.29 bits per heavy atom. The summed E-state index contributed by atoms with van der Waals surface area (Å²) in [7, 11) is 0. The average molecular weight is 238 g/mol. The standard InChI is InChI=1S/C14H22O3/c1-10(2)5-4-6-11(3)9-13-12(15)7-8-14(16)17-13/h5,7-8,11,13-14,16H,4,6,9H2,1-3H3. The molecule has 1 N–H and O–H groups in total. The Labute approximate surface area is 103 Å². The Morgan fingerprint density at radius 1 is 1.59 bits per heavy atom. The zero-order chi connectivity index (χ0) is 12.8. The Morgan fingerprint density at radius 3 is 2.94 bits per heavy atom. The Hall–Kier alpha value is -0.930. The molecule has 0 amide bonds. The lowest BCUT2D eigenvalue weighted by Crippen LogP contribution is -2.32. The maximum absolute atomic E-state index is 11.5. The summed E-state index contributed by atoms with van der Waals surface area (Å²) < 4.78 is 5.20. The molecule has 3 unspecified atom stereocenters. The van der Waals surface area contributed by atoms with Gasteiger partial charge in [0.2, 0.25) is 0 Å². The predicted octanol–water partition coefficient (Wildman–Crippen LogP) is 2.60. The van der Waals surface area contributed by atoms with E-state index in [1.807, 2.05) is 0 Å². The van der Waals surface area contributed by atoms with Crippen molar-refractivity contribution in [2.24, 2.45) is 5.92 Å². The van der Waals surface area contributed by atoms with E-state index in [-0.39, 0.29) is 5.78 Å². The van der Waals surface area contributed by atoms with E-state index in [1.54, 1.807) is 0 Å². The third-order valence-corrected chi connectivity index (χ3v) is 2.87. The highest BCUT2D eigenvalue weighted by Gasteiger charge is 2.25.